The Hall–Kier alpha value is -3.52. The summed E-state index contributed by atoms with van der Waals surface area (Å²) in [7, 11) is 0. The summed E-state index contributed by atoms with van der Waals surface area (Å²) < 4.78 is 0. The summed E-state index contributed by atoms with van der Waals surface area (Å²) in [6, 6.07) is 20.7. The molecule has 0 spiro atoms. The van der Waals surface area contributed by atoms with Crippen molar-refractivity contribution in [3.05, 3.63) is 98.6 Å². The van der Waals surface area contributed by atoms with Crippen molar-refractivity contribution in [1.29, 1.82) is 0 Å². The van der Waals surface area contributed by atoms with Crippen LogP contribution in [-0.4, -0.2) is 46.0 Å². The predicted molar refractivity (Wildman–Crippen MR) is 110 cm³/mol. The minimum Gasteiger partial charge on any atom is -0.348 e. The number of hydrogen-bond acceptors (Lipinski definition) is 6. The summed E-state index contributed by atoms with van der Waals surface area (Å²) in [4.78, 5) is 33.1. The zero-order valence-electron chi connectivity index (χ0n) is 15.8. The summed E-state index contributed by atoms with van der Waals surface area (Å²) in [6.45, 7) is 2.49. The topological polar surface area (TPSA) is 95.4 Å². The maximum atomic E-state index is 11.9. The molecule has 1 saturated heterocycles. The molecule has 29 heavy (non-hydrogen) atoms. The Labute approximate surface area is 167 Å². The van der Waals surface area contributed by atoms with Gasteiger partial charge in [-0.1, -0.05) is 60.7 Å². The van der Waals surface area contributed by atoms with Crippen LogP contribution in [0.3, 0.4) is 0 Å². The van der Waals surface area contributed by atoms with Crippen LogP contribution < -0.4 is 10.5 Å². The van der Waals surface area contributed by atoms with Crippen LogP contribution in [0.15, 0.2) is 71.8 Å². The Kier molecular flexibility index (Phi) is 5.35. The molecule has 2 heterocycles. The summed E-state index contributed by atoms with van der Waals surface area (Å²) in [6.07, 6.45) is 1.22. The lowest BCUT2D eigenvalue weighted by atomic mass is 9.96. The van der Waals surface area contributed by atoms with Crippen LogP contribution in [0.25, 0.3) is 0 Å². The molecular formula is C21H21N5O3. The second-order valence-corrected chi connectivity index (χ2v) is 6.91. The molecule has 0 unspecified atom stereocenters. The van der Waals surface area contributed by atoms with Crippen molar-refractivity contribution in [2.75, 3.05) is 31.1 Å². The van der Waals surface area contributed by atoms with Gasteiger partial charge in [0.25, 0.3) is 0 Å². The van der Waals surface area contributed by atoms with Crippen molar-refractivity contribution in [3.8, 4) is 0 Å². The van der Waals surface area contributed by atoms with E-state index in [0.717, 1.165) is 0 Å². The van der Waals surface area contributed by atoms with Crippen molar-refractivity contribution in [2.24, 2.45) is 0 Å². The van der Waals surface area contributed by atoms with E-state index in [1.165, 1.54) is 17.5 Å². The molecule has 0 aliphatic carbocycles. The molecular weight excluding hydrogens is 370 g/mol. The van der Waals surface area contributed by atoms with Crippen molar-refractivity contribution in [3.63, 3.8) is 0 Å². The van der Waals surface area contributed by atoms with Gasteiger partial charge in [-0.15, -0.1) is 0 Å². The number of benzene rings is 2. The summed E-state index contributed by atoms with van der Waals surface area (Å²) in [5.74, 6) is 0.134. The van der Waals surface area contributed by atoms with Gasteiger partial charge in [-0.05, 0) is 11.1 Å². The molecule has 148 valence electrons. The van der Waals surface area contributed by atoms with E-state index in [0.29, 0.717) is 26.2 Å². The average Bonchev–Trinajstić information content (AvgIpc) is 2.75. The molecule has 8 nitrogen and oxygen atoms in total. The number of piperazine rings is 1. The van der Waals surface area contributed by atoms with Crippen LogP contribution in [0, 0.1) is 10.1 Å². The second kappa shape index (κ2) is 8.24. The van der Waals surface area contributed by atoms with Crippen LogP contribution in [0.2, 0.25) is 0 Å². The van der Waals surface area contributed by atoms with Gasteiger partial charge in [0.05, 0.1) is 17.3 Å². The van der Waals surface area contributed by atoms with Gasteiger partial charge in [-0.2, -0.15) is 0 Å². The lowest BCUT2D eigenvalue weighted by Gasteiger charge is -2.39. The molecule has 1 fully saturated rings. The fourth-order valence-corrected chi connectivity index (χ4v) is 3.86. The van der Waals surface area contributed by atoms with E-state index >= 15 is 0 Å². The number of rotatable bonds is 5. The van der Waals surface area contributed by atoms with E-state index < -0.39 is 16.2 Å². The fourth-order valence-electron chi connectivity index (χ4n) is 3.86. The van der Waals surface area contributed by atoms with Gasteiger partial charge in [-0.3, -0.25) is 19.8 Å². The number of aromatic amines is 1. The molecule has 8 heteroatoms. The summed E-state index contributed by atoms with van der Waals surface area (Å²) in [5.41, 5.74) is 1.18. The molecule has 0 radical (unpaired) electrons. The predicted octanol–water partition coefficient (Wildman–Crippen LogP) is 2.59. The van der Waals surface area contributed by atoms with Crippen molar-refractivity contribution in [1.82, 2.24) is 14.9 Å². The molecule has 1 N–H and O–H groups in total. The molecule has 0 atom stereocenters. The first kappa shape index (κ1) is 18.8. The molecule has 0 amide bonds. The Balaban J connectivity index is 1.59. The fraction of sp³-hybridized carbons (Fsp3) is 0.238. The zero-order chi connectivity index (χ0) is 20.2. The molecule has 1 aliphatic rings. The normalized spacial score (nSPS) is 14.9. The first-order valence-electron chi connectivity index (χ1n) is 9.46. The highest BCUT2D eigenvalue weighted by Crippen LogP contribution is 2.31. The van der Waals surface area contributed by atoms with Gasteiger partial charge >= 0.3 is 11.2 Å². The Bertz CT molecular complexity index is 991. The van der Waals surface area contributed by atoms with E-state index in [4.69, 9.17) is 0 Å². The quantitative estimate of drug-likeness (QED) is 0.531. The number of nitrogens with zero attached hydrogens (tertiary/aromatic N) is 4. The molecule has 1 aromatic heterocycles. The van der Waals surface area contributed by atoms with Crippen LogP contribution >= 0.6 is 0 Å². The molecule has 3 aromatic rings. The Morgan fingerprint density at radius 3 is 2.00 bits per heavy atom. The third-order valence-electron chi connectivity index (χ3n) is 5.20. The lowest BCUT2D eigenvalue weighted by molar-refractivity contribution is -0.385. The number of hydrogen-bond donors (Lipinski definition) is 1. The number of anilines is 1. The van der Waals surface area contributed by atoms with E-state index in [9.17, 15) is 14.9 Å². The highest BCUT2D eigenvalue weighted by molar-refractivity contribution is 5.56. The van der Waals surface area contributed by atoms with Gasteiger partial charge in [0.2, 0.25) is 5.82 Å². The van der Waals surface area contributed by atoms with Gasteiger partial charge in [0.1, 0.15) is 0 Å². The summed E-state index contributed by atoms with van der Waals surface area (Å²) >= 11 is 0. The minimum absolute atomic E-state index is 0.0988. The molecule has 0 bridgehead atoms. The smallest absolute Gasteiger partial charge is 0.348 e. The van der Waals surface area contributed by atoms with Crippen molar-refractivity contribution >= 4 is 11.5 Å². The zero-order valence-corrected chi connectivity index (χ0v) is 15.8. The maximum absolute atomic E-state index is 11.9. The third kappa shape index (κ3) is 3.88. The number of nitro groups is 1. The maximum Gasteiger partial charge on any atom is 0.375 e. The van der Waals surface area contributed by atoms with Crippen molar-refractivity contribution < 1.29 is 4.92 Å². The molecule has 0 saturated carbocycles. The molecule has 4 rings (SSSR count). The molecule has 2 aromatic carbocycles. The SMILES string of the molecule is O=c1[nH]cnc(N2CCN(C(c3ccccc3)c3ccccc3)CC2)c1[N+](=O)[O-]. The Morgan fingerprint density at radius 1 is 0.931 bits per heavy atom. The van der Waals surface area contributed by atoms with Crippen LogP contribution in [-0.2, 0) is 0 Å². The van der Waals surface area contributed by atoms with E-state index in [1.807, 2.05) is 41.3 Å². The van der Waals surface area contributed by atoms with E-state index in [1.54, 1.807) is 0 Å². The monoisotopic (exact) mass is 391 g/mol. The van der Waals surface area contributed by atoms with Crippen LogP contribution in [0.4, 0.5) is 11.5 Å². The first-order valence-corrected chi connectivity index (χ1v) is 9.46. The number of aromatic nitrogens is 2. The average molecular weight is 391 g/mol. The van der Waals surface area contributed by atoms with Crippen LogP contribution in [0.1, 0.15) is 17.2 Å². The first-order chi connectivity index (χ1) is 14.1. The Morgan fingerprint density at radius 2 is 1.48 bits per heavy atom. The standard InChI is InChI=1S/C21H21N5O3/c27-21-19(26(28)29)20(22-15-23-21)25-13-11-24(12-14-25)18(16-7-3-1-4-8-16)17-9-5-2-6-10-17/h1-10,15,18H,11-14H2,(H,22,23,27). The van der Waals surface area contributed by atoms with Gasteiger partial charge < -0.3 is 9.88 Å². The highest BCUT2D eigenvalue weighted by atomic mass is 16.6. The van der Waals surface area contributed by atoms with Gasteiger partial charge in [0, 0.05) is 26.2 Å². The van der Waals surface area contributed by atoms with Crippen molar-refractivity contribution in [2.45, 2.75) is 6.04 Å². The van der Waals surface area contributed by atoms with Crippen LogP contribution in [0.5, 0.6) is 0 Å². The minimum atomic E-state index is -0.728. The lowest BCUT2D eigenvalue weighted by Crippen LogP contribution is -2.48. The third-order valence-corrected chi connectivity index (χ3v) is 5.20. The number of H-pyrrole nitrogens is 1. The highest BCUT2D eigenvalue weighted by Gasteiger charge is 2.31. The summed E-state index contributed by atoms with van der Waals surface area (Å²) in [5, 5.41) is 11.3. The van der Waals surface area contributed by atoms with E-state index in [-0.39, 0.29) is 11.9 Å². The molecule has 1 aliphatic heterocycles. The van der Waals surface area contributed by atoms with E-state index in [2.05, 4.69) is 39.1 Å². The van der Waals surface area contributed by atoms with Gasteiger partial charge in [0.15, 0.2) is 0 Å². The largest absolute Gasteiger partial charge is 0.375 e. The number of nitrogens with one attached hydrogen (secondary N) is 1. The second-order valence-electron chi connectivity index (χ2n) is 6.91. The van der Waals surface area contributed by atoms with Gasteiger partial charge in [-0.25, -0.2) is 4.98 Å².